The van der Waals surface area contributed by atoms with Crippen molar-refractivity contribution in [2.45, 2.75) is 83.0 Å². The molecule has 10 nitrogen and oxygen atoms in total. The molecule has 0 bridgehead atoms. The van der Waals surface area contributed by atoms with Crippen molar-refractivity contribution in [1.29, 1.82) is 0 Å². The van der Waals surface area contributed by atoms with Gasteiger partial charge >= 0.3 is 6.09 Å². The molecule has 1 unspecified atom stereocenters. The van der Waals surface area contributed by atoms with Crippen molar-refractivity contribution < 1.29 is 19.0 Å². The molecule has 1 saturated heterocycles. The maximum absolute atomic E-state index is 12.0. The van der Waals surface area contributed by atoms with Crippen LogP contribution in [0.2, 0.25) is 0 Å². The van der Waals surface area contributed by atoms with E-state index in [-0.39, 0.29) is 36.7 Å². The lowest BCUT2D eigenvalue weighted by Crippen LogP contribution is -2.43. The van der Waals surface area contributed by atoms with E-state index in [1.54, 1.807) is 17.3 Å². The molecule has 1 amide bonds. The van der Waals surface area contributed by atoms with Crippen molar-refractivity contribution >= 4 is 12.4 Å². The Balaban J connectivity index is 1.15. The zero-order valence-electron chi connectivity index (χ0n) is 18.1. The highest BCUT2D eigenvalue weighted by Crippen LogP contribution is 2.28. The number of rotatable bonds is 6. The third-order valence-corrected chi connectivity index (χ3v) is 5.68. The van der Waals surface area contributed by atoms with E-state index >= 15 is 0 Å². The number of piperidine rings is 1. The minimum atomic E-state index is -0.387. The Morgan fingerprint density at radius 1 is 1.00 bits per heavy atom. The Kier molecular flexibility index (Phi) is 7.06. The van der Waals surface area contributed by atoms with Crippen LogP contribution >= 0.6 is 0 Å². The monoisotopic (exact) mass is 430 g/mol. The zero-order chi connectivity index (χ0) is 21.6. The van der Waals surface area contributed by atoms with Crippen molar-refractivity contribution in [2.24, 2.45) is 15.2 Å². The summed E-state index contributed by atoms with van der Waals surface area (Å²) in [6.45, 7) is 5.12. The molecule has 3 aliphatic rings. The Bertz CT molecular complexity index is 772. The zero-order valence-corrected chi connectivity index (χ0v) is 18.1. The van der Waals surface area contributed by atoms with Crippen LogP contribution in [0, 0.1) is 0 Å². The van der Waals surface area contributed by atoms with E-state index in [1.165, 1.54) is 6.34 Å². The Morgan fingerprint density at radius 3 is 2.32 bits per heavy atom. The van der Waals surface area contributed by atoms with Gasteiger partial charge in [0.25, 0.3) is 0 Å². The standard InChI is InChI=1S/C21H30N6O4/c1-14(2)29-21(28)27-9-7-17(8-10-27)30-15-3-5-16(6-4-15)31-19-12-22-18(11-23-19)20-24-13-25-26-20/h11-17,20H,3-10H2,1-2H3. The minimum absolute atomic E-state index is 0.0873. The molecule has 1 aromatic rings. The van der Waals surface area contributed by atoms with Crippen LogP contribution in [0.5, 0.6) is 5.88 Å². The van der Waals surface area contributed by atoms with Crippen molar-refractivity contribution in [3.8, 4) is 5.88 Å². The molecule has 0 N–H and O–H groups in total. The van der Waals surface area contributed by atoms with Crippen LogP contribution in [0.25, 0.3) is 0 Å². The normalized spacial score (nSPS) is 26.4. The summed E-state index contributed by atoms with van der Waals surface area (Å²) in [5.41, 5.74) is 0.658. The fraction of sp³-hybridized carbons (Fsp3) is 0.714. The molecule has 168 valence electrons. The lowest BCUT2D eigenvalue weighted by molar-refractivity contribution is -0.0659. The first-order valence-electron chi connectivity index (χ1n) is 11.1. The number of nitrogens with zero attached hydrogens (tertiary/aromatic N) is 6. The predicted molar refractivity (Wildman–Crippen MR) is 112 cm³/mol. The van der Waals surface area contributed by atoms with Crippen molar-refractivity contribution in [2.75, 3.05) is 13.1 Å². The minimum Gasteiger partial charge on any atom is -0.473 e. The Hall–Kier alpha value is -2.62. The molecule has 0 spiro atoms. The van der Waals surface area contributed by atoms with Gasteiger partial charge in [0.2, 0.25) is 12.0 Å². The van der Waals surface area contributed by atoms with Gasteiger partial charge in [-0.15, -0.1) is 5.11 Å². The maximum atomic E-state index is 12.0. The van der Waals surface area contributed by atoms with Crippen LogP contribution in [-0.4, -0.2) is 64.8 Å². The van der Waals surface area contributed by atoms with Gasteiger partial charge in [0, 0.05) is 13.1 Å². The van der Waals surface area contributed by atoms with E-state index in [0.717, 1.165) is 38.5 Å². The van der Waals surface area contributed by atoms with Gasteiger partial charge in [-0.05, 0) is 52.4 Å². The molecule has 3 heterocycles. The van der Waals surface area contributed by atoms with Crippen LogP contribution in [0.4, 0.5) is 4.79 Å². The van der Waals surface area contributed by atoms with Crippen LogP contribution < -0.4 is 4.74 Å². The molecule has 1 aliphatic carbocycles. The summed E-state index contributed by atoms with van der Waals surface area (Å²) in [5, 5.41) is 7.68. The van der Waals surface area contributed by atoms with Gasteiger partial charge in [-0.2, -0.15) is 5.11 Å². The summed E-state index contributed by atoms with van der Waals surface area (Å²) in [6.07, 6.45) is 10.1. The third-order valence-electron chi connectivity index (χ3n) is 5.68. The molecule has 1 aromatic heterocycles. The van der Waals surface area contributed by atoms with Crippen molar-refractivity contribution in [3.05, 3.63) is 18.1 Å². The van der Waals surface area contributed by atoms with E-state index in [9.17, 15) is 4.79 Å². The molecule has 2 aliphatic heterocycles. The molecule has 0 radical (unpaired) electrons. The number of ether oxygens (including phenoxy) is 3. The van der Waals surface area contributed by atoms with E-state index in [2.05, 4.69) is 25.2 Å². The third kappa shape index (κ3) is 5.96. The lowest BCUT2D eigenvalue weighted by atomic mass is 9.94. The number of likely N-dealkylation sites (tertiary alicyclic amines) is 1. The van der Waals surface area contributed by atoms with Gasteiger partial charge < -0.3 is 19.1 Å². The highest BCUT2D eigenvalue weighted by molar-refractivity contribution is 5.67. The fourth-order valence-electron chi connectivity index (χ4n) is 4.05. The molecular formula is C21H30N6O4. The molecule has 1 atom stereocenters. The van der Waals surface area contributed by atoms with E-state index in [0.29, 0.717) is 24.7 Å². The number of aromatic nitrogens is 2. The second-order valence-electron chi connectivity index (χ2n) is 8.42. The topological polar surface area (TPSA) is 111 Å². The van der Waals surface area contributed by atoms with Crippen LogP contribution in [0.3, 0.4) is 0 Å². The number of hydrogen-bond donors (Lipinski definition) is 0. The van der Waals surface area contributed by atoms with Gasteiger partial charge in [-0.25, -0.2) is 19.8 Å². The number of amides is 1. The average molecular weight is 431 g/mol. The number of carbonyl (C=O) groups excluding carboxylic acids is 1. The van der Waals surface area contributed by atoms with Crippen LogP contribution in [0.15, 0.2) is 27.6 Å². The fourth-order valence-corrected chi connectivity index (χ4v) is 4.05. The summed E-state index contributed by atoms with van der Waals surface area (Å²) in [6, 6.07) is 0. The van der Waals surface area contributed by atoms with Gasteiger partial charge in [0.15, 0.2) is 0 Å². The van der Waals surface area contributed by atoms with E-state index in [1.807, 2.05) is 13.8 Å². The highest BCUT2D eigenvalue weighted by Gasteiger charge is 2.29. The first-order valence-corrected chi connectivity index (χ1v) is 11.1. The molecule has 1 saturated carbocycles. The molecule has 4 rings (SSSR count). The second-order valence-corrected chi connectivity index (χ2v) is 8.42. The summed E-state index contributed by atoms with van der Waals surface area (Å²) in [5.74, 6) is 0.521. The Labute approximate surface area is 182 Å². The molecule has 10 heteroatoms. The summed E-state index contributed by atoms with van der Waals surface area (Å²) in [4.78, 5) is 26.5. The number of azo groups is 1. The van der Waals surface area contributed by atoms with Crippen molar-refractivity contribution in [1.82, 2.24) is 14.9 Å². The number of aliphatic imine (C=N–C) groups is 1. The maximum Gasteiger partial charge on any atom is 0.410 e. The lowest BCUT2D eigenvalue weighted by Gasteiger charge is -2.35. The highest BCUT2D eigenvalue weighted by atomic mass is 16.6. The van der Waals surface area contributed by atoms with Gasteiger partial charge in [-0.3, -0.25) is 0 Å². The number of carbonyl (C=O) groups is 1. The smallest absolute Gasteiger partial charge is 0.410 e. The first-order chi connectivity index (χ1) is 15.1. The summed E-state index contributed by atoms with van der Waals surface area (Å²) >= 11 is 0. The molecule has 2 fully saturated rings. The number of hydrogen-bond acceptors (Lipinski definition) is 9. The molecule has 31 heavy (non-hydrogen) atoms. The summed E-state index contributed by atoms with van der Waals surface area (Å²) < 4.78 is 17.6. The van der Waals surface area contributed by atoms with Crippen LogP contribution in [-0.2, 0) is 9.47 Å². The largest absolute Gasteiger partial charge is 0.473 e. The summed E-state index contributed by atoms with van der Waals surface area (Å²) in [7, 11) is 0. The van der Waals surface area contributed by atoms with E-state index in [4.69, 9.17) is 14.2 Å². The quantitative estimate of drug-likeness (QED) is 0.681. The average Bonchev–Trinajstić information content (AvgIpc) is 3.31. The van der Waals surface area contributed by atoms with Gasteiger partial charge in [0.05, 0.1) is 30.7 Å². The first kappa shape index (κ1) is 21.6. The van der Waals surface area contributed by atoms with E-state index < -0.39 is 0 Å². The SMILES string of the molecule is CC(C)OC(=O)N1CCC(OC2CCC(Oc3cnc(C4N=CN=N4)cn3)CC2)CC1. The molecule has 0 aromatic carbocycles. The van der Waals surface area contributed by atoms with Crippen LogP contribution in [0.1, 0.15) is 64.2 Å². The Morgan fingerprint density at radius 2 is 1.71 bits per heavy atom. The second kappa shape index (κ2) is 10.1. The van der Waals surface area contributed by atoms with Gasteiger partial charge in [-0.1, -0.05) is 0 Å². The predicted octanol–water partition coefficient (Wildman–Crippen LogP) is 3.69. The van der Waals surface area contributed by atoms with Gasteiger partial charge in [0.1, 0.15) is 18.1 Å². The molecular weight excluding hydrogens is 400 g/mol. The van der Waals surface area contributed by atoms with Crippen molar-refractivity contribution in [3.63, 3.8) is 0 Å².